The fourth-order valence-corrected chi connectivity index (χ4v) is 3.08. The maximum Gasteiger partial charge on any atom is 0.145 e. The number of rotatable bonds is 5. The topological polar surface area (TPSA) is 38.0 Å². The monoisotopic (exact) mass is 376 g/mol. The summed E-state index contributed by atoms with van der Waals surface area (Å²) in [6.07, 6.45) is 0. The highest BCUT2D eigenvalue weighted by atomic mass is 79.9. The van der Waals surface area contributed by atoms with E-state index in [0.29, 0.717) is 5.75 Å². The molecule has 0 saturated carbocycles. The van der Waals surface area contributed by atoms with Crippen LogP contribution in [0.2, 0.25) is 0 Å². The van der Waals surface area contributed by atoms with Crippen molar-refractivity contribution >= 4 is 27.7 Å². The fourth-order valence-electron chi connectivity index (χ4n) is 1.79. The average molecular weight is 377 g/mol. The predicted octanol–water partition coefficient (Wildman–Crippen LogP) is 4.16. The van der Waals surface area contributed by atoms with E-state index < -0.39 is 17.7 Å². The summed E-state index contributed by atoms with van der Waals surface area (Å²) in [4.78, 5) is 0.785. The minimum atomic E-state index is -0.711. The normalized spacial score (nSPS) is 12.4. The van der Waals surface area contributed by atoms with Crippen molar-refractivity contribution in [3.8, 4) is 0 Å². The van der Waals surface area contributed by atoms with Crippen LogP contribution < -0.4 is 11.3 Å². The second kappa shape index (κ2) is 7.31. The second-order valence-electron chi connectivity index (χ2n) is 4.24. The third-order valence-corrected chi connectivity index (χ3v) is 4.58. The minimum Gasteiger partial charge on any atom is -0.271 e. The van der Waals surface area contributed by atoms with Gasteiger partial charge in [-0.05, 0) is 52.3 Å². The van der Waals surface area contributed by atoms with E-state index in [4.69, 9.17) is 5.84 Å². The quantitative estimate of drug-likeness (QED) is 0.356. The SMILES string of the molecule is NNC(CSc1ccc(F)cc1)c1c(F)ccc(Br)c1F. The Balaban J connectivity index is 2.17. The van der Waals surface area contributed by atoms with Crippen LogP contribution in [0.5, 0.6) is 0 Å². The molecule has 0 bridgehead atoms. The molecule has 7 heteroatoms. The average Bonchev–Trinajstić information content (AvgIpc) is 2.48. The molecule has 0 aliphatic heterocycles. The first-order valence-electron chi connectivity index (χ1n) is 6.01. The van der Waals surface area contributed by atoms with E-state index in [-0.39, 0.29) is 15.9 Å². The Labute approximate surface area is 133 Å². The van der Waals surface area contributed by atoms with Gasteiger partial charge in [0.05, 0.1) is 10.5 Å². The van der Waals surface area contributed by atoms with Crippen LogP contribution >= 0.6 is 27.7 Å². The molecule has 0 heterocycles. The van der Waals surface area contributed by atoms with E-state index in [1.165, 1.54) is 36.0 Å². The van der Waals surface area contributed by atoms with Crippen molar-refractivity contribution < 1.29 is 13.2 Å². The molecule has 0 radical (unpaired) electrons. The van der Waals surface area contributed by atoms with E-state index in [2.05, 4.69) is 21.4 Å². The zero-order chi connectivity index (χ0) is 15.4. The van der Waals surface area contributed by atoms with Crippen molar-refractivity contribution in [1.82, 2.24) is 5.43 Å². The van der Waals surface area contributed by atoms with Crippen LogP contribution in [-0.2, 0) is 0 Å². The van der Waals surface area contributed by atoms with Gasteiger partial charge in [-0.3, -0.25) is 11.3 Å². The number of benzene rings is 2. The van der Waals surface area contributed by atoms with Crippen LogP contribution in [0.15, 0.2) is 45.8 Å². The minimum absolute atomic E-state index is 0.124. The van der Waals surface area contributed by atoms with Crippen LogP contribution in [-0.4, -0.2) is 5.75 Å². The lowest BCUT2D eigenvalue weighted by Crippen LogP contribution is -2.31. The molecule has 1 unspecified atom stereocenters. The van der Waals surface area contributed by atoms with E-state index in [1.807, 2.05) is 0 Å². The van der Waals surface area contributed by atoms with Crippen LogP contribution in [0.3, 0.4) is 0 Å². The second-order valence-corrected chi connectivity index (χ2v) is 6.19. The lowest BCUT2D eigenvalue weighted by atomic mass is 10.1. The molecule has 0 aliphatic carbocycles. The third-order valence-electron chi connectivity index (χ3n) is 2.86. The molecule has 0 saturated heterocycles. The molecular weight excluding hydrogens is 365 g/mol. The van der Waals surface area contributed by atoms with Gasteiger partial charge < -0.3 is 0 Å². The Morgan fingerprint density at radius 2 is 1.76 bits per heavy atom. The molecule has 0 spiro atoms. The van der Waals surface area contributed by atoms with Crippen LogP contribution in [0, 0.1) is 17.5 Å². The zero-order valence-corrected chi connectivity index (χ0v) is 13.1. The molecule has 1 atom stereocenters. The van der Waals surface area contributed by atoms with Gasteiger partial charge in [0.15, 0.2) is 0 Å². The molecule has 2 aromatic rings. The number of nitrogens with two attached hydrogens (primary N) is 1. The highest BCUT2D eigenvalue weighted by Crippen LogP contribution is 2.30. The van der Waals surface area contributed by atoms with Gasteiger partial charge >= 0.3 is 0 Å². The summed E-state index contributed by atoms with van der Waals surface area (Å²) in [5, 5.41) is 0. The van der Waals surface area contributed by atoms with Gasteiger partial charge in [0.25, 0.3) is 0 Å². The van der Waals surface area contributed by atoms with Gasteiger partial charge in [0, 0.05) is 16.2 Å². The van der Waals surface area contributed by atoms with Crippen molar-refractivity contribution in [1.29, 1.82) is 0 Å². The van der Waals surface area contributed by atoms with Gasteiger partial charge in [-0.25, -0.2) is 13.2 Å². The maximum absolute atomic E-state index is 14.0. The molecule has 0 aliphatic rings. The number of hydrazine groups is 1. The number of nitrogens with one attached hydrogen (secondary N) is 1. The van der Waals surface area contributed by atoms with Crippen molar-refractivity contribution in [3.63, 3.8) is 0 Å². The highest BCUT2D eigenvalue weighted by molar-refractivity contribution is 9.10. The van der Waals surface area contributed by atoms with Crippen LogP contribution in [0.4, 0.5) is 13.2 Å². The Morgan fingerprint density at radius 3 is 2.38 bits per heavy atom. The highest BCUT2D eigenvalue weighted by Gasteiger charge is 2.21. The summed E-state index contributed by atoms with van der Waals surface area (Å²) >= 11 is 4.35. The standard InChI is InChI=1S/C14H12BrF3N2S/c15-10-5-6-11(17)13(14(10)18)12(20-19)7-21-9-3-1-8(16)2-4-9/h1-6,12,20H,7,19H2. The number of halogens is 4. The molecule has 0 amide bonds. The predicted molar refractivity (Wildman–Crippen MR) is 81.2 cm³/mol. The molecule has 2 nitrogen and oxygen atoms in total. The largest absolute Gasteiger partial charge is 0.271 e. The third kappa shape index (κ3) is 4.00. The molecule has 0 fully saturated rings. The first-order valence-corrected chi connectivity index (χ1v) is 7.78. The van der Waals surface area contributed by atoms with Crippen molar-refractivity contribution in [2.45, 2.75) is 10.9 Å². The van der Waals surface area contributed by atoms with Gasteiger partial charge in [0.1, 0.15) is 17.5 Å². The number of thioether (sulfide) groups is 1. The van der Waals surface area contributed by atoms with Crippen LogP contribution in [0.1, 0.15) is 11.6 Å². The molecular formula is C14H12BrF3N2S. The lowest BCUT2D eigenvalue weighted by molar-refractivity contribution is 0.497. The van der Waals surface area contributed by atoms with Gasteiger partial charge in [-0.15, -0.1) is 11.8 Å². The van der Waals surface area contributed by atoms with Crippen molar-refractivity contribution in [3.05, 3.63) is 63.9 Å². The molecule has 2 aromatic carbocycles. The van der Waals surface area contributed by atoms with E-state index in [0.717, 1.165) is 4.90 Å². The van der Waals surface area contributed by atoms with E-state index in [1.54, 1.807) is 12.1 Å². The van der Waals surface area contributed by atoms with Crippen LogP contribution in [0.25, 0.3) is 0 Å². The van der Waals surface area contributed by atoms with Crippen molar-refractivity contribution in [2.75, 3.05) is 5.75 Å². The van der Waals surface area contributed by atoms with Gasteiger partial charge in [0.2, 0.25) is 0 Å². The fraction of sp³-hybridized carbons (Fsp3) is 0.143. The summed E-state index contributed by atoms with van der Waals surface area (Å²) in [5.74, 6) is 4.02. The van der Waals surface area contributed by atoms with E-state index >= 15 is 0 Å². The zero-order valence-electron chi connectivity index (χ0n) is 10.7. The summed E-state index contributed by atoms with van der Waals surface area (Å²) in [5.41, 5.74) is 2.29. The first-order chi connectivity index (χ1) is 10.0. The maximum atomic E-state index is 14.0. The Hall–Kier alpha value is -1.02. The van der Waals surface area contributed by atoms with Crippen molar-refractivity contribution in [2.24, 2.45) is 5.84 Å². The molecule has 3 N–H and O–H groups in total. The summed E-state index contributed by atoms with van der Waals surface area (Å²) in [6.45, 7) is 0. The Morgan fingerprint density at radius 1 is 1.10 bits per heavy atom. The summed E-state index contributed by atoms with van der Waals surface area (Å²) in [6, 6.07) is 7.62. The number of hydrogen-bond acceptors (Lipinski definition) is 3. The van der Waals surface area contributed by atoms with Gasteiger partial charge in [-0.1, -0.05) is 0 Å². The lowest BCUT2D eigenvalue weighted by Gasteiger charge is -2.18. The molecule has 21 heavy (non-hydrogen) atoms. The van der Waals surface area contributed by atoms with Gasteiger partial charge in [-0.2, -0.15) is 0 Å². The molecule has 0 aromatic heterocycles. The first kappa shape index (κ1) is 16.4. The summed E-state index contributed by atoms with van der Waals surface area (Å²) < 4.78 is 40.9. The smallest absolute Gasteiger partial charge is 0.145 e. The summed E-state index contributed by atoms with van der Waals surface area (Å²) in [7, 11) is 0. The van der Waals surface area contributed by atoms with E-state index in [9.17, 15) is 13.2 Å². The molecule has 112 valence electrons. The molecule has 2 rings (SSSR count). The number of hydrogen-bond donors (Lipinski definition) is 2. The Kier molecular flexibility index (Phi) is 5.69. The Bertz CT molecular complexity index is 622.